The molecule has 1 aromatic rings. The number of hydrogen-bond donors (Lipinski definition) is 0. The first-order chi connectivity index (χ1) is 12.1. The van der Waals surface area contributed by atoms with Crippen molar-refractivity contribution in [3.05, 3.63) is 11.6 Å². The Labute approximate surface area is 146 Å². The number of benzene rings is 1. The molecule has 0 radical (unpaired) electrons. The van der Waals surface area contributed by atoms with Crippen LogP contribution >= 0.6 is 0 Å². The third kappa shape index (κ3) is 3.03. The van der Waals surface area contributed by atoms with E-state index in [1.54, 1.807) is 6.07 Å². The zero-order chi connectivity index (χ0) is 18.0. The summed E-state index contributed by atoms with van der Waals surface area (Å²) in [6.07, 6.45) is 0. The van der Waals surface area contributed by atoms with Gasteiger partial charge in [-0.3, -0.25) is 14.5 Å². The number of morpholine rings is 1. The average Bonchev–Trinajstić information content (AvgIpc) is 2.89. The maximum Gasteiger partial charge on any atom is 0.299 e. The summed E-state index contributed by atoms with van der Waals surface area (Å²) in [6, 6.07) is 1.65. The number of carbonyl (C=O) groups is 2. The molecule has 8 nitrogen and oxygen atoms in total. The zero-order valence-corrected chi connectivity index (χ0v) is 14.7. The molecule has 0 bridgehead atoms. The number of methoxy groups -OCH3 is 3. The van der Waals surface area contributed by atoms with Gasteiger partial charge in [-0.25, -0.2) is 0 Å². The average molecular weight is 350 g/mol. The van der Waals surface area contributed by atoms with Gasteiger partial charge in [-0.1, -0.05) is 0 Å². The van der Waals surface area contributed by atoms with Gasteiger partial charge in [0.2, 0.25) is 5.75 Å². The van der Waals surface area contributed by atoms with Gasteiger partial charge in [-0.2, -0.15) is 0 Å². The first-order valence-electron chi connectivity index (χ1n) is 8.11. The lowest BCUT2D eigenvalue weighted by atomic mass is 10.1. The molecule has 0 aromatic heterocycles. The first-order valence-corrected chi connectivity index (χ1v) is 8.11. The van der Waals surface area contributed by atoms with Crippen molar-refractivity contribution in [1.82, 2.24) is 4.90 Å². The summed E-state index contributed by atoms with van der Waals surface area (Å²) in [5, 5.41) is 0. The number of nitrogens with zero attached hydrogens (tertiary/aromatic N) is 2. The van der Waals surface area contributed by atoms with Crippen LogP contribution in [0, 0.1) is 0 Å². The second kappa shape index (κ2) is 7.28. The Hall–Kier alpha value is -2.32. The van der Waals surface area contributed by atoms with Crippen molar-refractivity contribution in [3.63, 3.8) is 0 Å². The molecule has 8 heteroatoms. The van der Waals surface area contributed by atoms with E-state index in [1.807, 2.05) is 0 Å². The number of fused-ring (bicyclic) bond motifs is 1. The molecule has 1 amide bonds. The number of hydrogen-bond acceptors (Lipinski definition) is 7. The molecule has 25 heavy (non-hydrogen) atoms. The van der Waals surface area contributed by atoms with E-state index in [-0.39, 0.29) is 11.3 Å². The van der Waals surface area contributed by atoms with Crippen LogP contribution in [0.3, 0.4) is 0 Å². The lowest BCUT2D eigenvalue weighted by Gasteiger charge is -2.28. The van der Waals surface area contributed by atoms with Crippen molar-refractivity contribution in [3.8, 4) is 17.2 Å². The monoisotopic (exact) mass is 350 g/mol. The van der Waals surface area contributed by atoms with E-state index >= 15 is 0 Å². The van der Waals surface area contributed by atoms with Gasteiger partial charge in [0.25, 0.3) is 11.7 Å². The third-order valence-corrected chi connectivity index (χ3v) is 4.51. The minimum absolute atomic E-state index is 0.226. The molecule has 0 spiro atoms. The van der Waals surface area contributed by atoms with Crippen LogP contribution in [0.15, 0.2) is 6.07 Å². The molecular weight excluding hydrogens is 328 g/mol. The number of anilines is 1. The zero-order valence-electron chi connectivity index (χ0n) is 14.7. The van der Waals surface area contributed by atoms with E-state index in [0.29, 0.717) is 43.5 Å². The predicted molar refractivity (Wildman–Crippen MR) is 90.0 cm³/mol. The summed E-state index contributed by atoms with van der Waals surface area (Å²) in [6.45, 7) is 4.08. The van der Waals surface area contributed by atoms with Gasteiger partial charge >= 0.3 is 0 Å². The van der Waals surface area contributed by atoms with Gasteiger partial charge < -0.3 is 23.8 Å². The SMILES string of the molecule is COc1cc2c(c(OC)c1OC)C(=O)C(=O)N2CCN1CCOCC1. The normalized spacial score (nSPS) is 17.6. The van der Waals surface area contributed by atoms with E-state index in [4.69, 9.17) is 18.9 Å². The molecule has 2 aliphatic heterocycles. The highest BCUT2D eigenvalue weighted by Crippen LogP contribution is 2.47. The Kier molecular flexibility index (Phi) is 5.10. The largest absolute Gasteiger partial charge is 0.493 e. The van der Waals surface area contributed by atoms with E-state index in [0.717, 1.165) is 13.1 Å². The van der Waals surface area contributed by atoms with Crippen molar-refractivity contribution in [2.75, 3.05) is 65.6 Å². The maximum absolute atomic E-state index is 12.5. The van der Waals surface area contributed by atoms with Gasteiger partial charge in [-0.15, -0.1) is 0 Å². The number of rotatable bonds is 6. The lowest BCUT2D eigenvalue weighted by Crippen LogP contribution is -2.42. The first kappa shape index (κ1) is 17.5. The quantitative estimate of drug-likeness (QED) is 0.694. The minimum Gasteiger partial charge on any atom is -0.493 e. The molecule has 0 aliphatic carbocycles. The molecule has 2 heterocycles. The molecule has 0 saturated carbocycles. The predicted octanol–water partition coefficient (Wildman–Crippen LogP) is 0.574. The standard InChI is InChI=1S/C17H22N2O6/c1-22-12-10-11-13(16(24-3)15(12)23-2)14(20)17(21)19(11)5-4-18-6-8-25-9-7-18/h10H,4-9H2,1-3H3. The molecule has 0 unspecified atom stereocenters. The molecule has 1 aromatic carbocycles. The topological polar surface area (TPSA) is 77.5 Å². The second-order valence-corrected chi connectivity index (χ2v) is 5.78. The number of ether oxygens (including phenoxy) is 4. The second-order valence-electron chi connectivity index (χ2n) is 5.78. The lowest BCUT2D eigenvalue weighted by molar-refractivity contribution is -0.114. The highest BCUT2D eigenvalue weighted by atomic mass is 16.5. The Morgan fingerprint density at radius 2 is 1.68 bits per heavy atom. The van der Waals surface area contributed by atoms with Crippen LogP contribution in [0.2, 0.25) is 0 Å². The third-order valence-electron chi connectivity index (χ3n) is 4.51. The van der Waals surface area contributed by atoms with Crippen molar-refractivity contribution >= 4 is 17.4 Å². The van der Waals surface area contributed by atoms with Crippen molar-refractivity contribution in [1.29, 1.82) is 0 Å². The van der Waals surface area contributed by atoms with Gasteiger partial charge in [0.15, 0.2) is 11.5 Å². The summed E-state index contributed by atoms with van der Waals surface area (Å²) < 4.78 is 21.3. The van der Waals surface area contributed by atoms with Crippen LogP contribution in [0.5, 0.6) is 17.2 Å². The molecule has 3 rings (SSSR count). The molecule has 1 saturated heterocycles. The molecule has 2 aliphatic rings. The fraction of sp³-hybridized carbons (Fsp3) is 0.529. The number of amides is 1. The summed E-state index contributed by atoms with van der Waals surface area (Å²) in [7, 11) is 4.40. The number of ketones is 1. The minimum atomic E-state index is -0.588. The highest BCUT2D eigenvalue weighted by molar-refractivity contribution is 6.53. The number of Topliss-reactive ketones (excluding diaryl/α,β-unsaturated/α-hetero) is 1. The molecule has 136 valence electrons. The highest BCUT2D eigenvalue weighted by Gasteiger charge is 2.41. The van der Waals surface area contributed by atoms with Crippen LogP contribution in [-0.2, 0) is 9.53 Å². The molecular formula is C17H22N2O6. The summed E-state index contributed by atoms with van der Waals surface area (Å²) in [5.74, 6) is -0.201. The summed E-state index contributed by atoms with van der Waals surface area (Å²) >= 11 is 0. The van der Waals surface area contributed by atoms with Crippen LogP contribution in [0.1, 0.15) is 10.4 Å². The van der Waals surface area contributed by atoms with E-state index < -0.39 is 11.7 Å². The fourth-order valence-electron chi connectivity index (χ4n) is 3.20. The Bertz CT molecular complexity index is 684. The van der Waals surface area contributed by atoms with Crippen molar-refractivity contribution < 1.29 is 28.5 Å². The van der Waals surface area contributed by atoms with Crippen LogP contribution in [0.25, 0.3) is 0 Å². The van der Waals surface area contributed by atoms with E-state index in [1.165, 1.54) is 26.2 Å². The van der Waals surface area contributed by atoms with Gasteiger partial charge in [-0.05, 0) is 0 Å². The van der Waals surface area contributed by atoms with Crippen LogP contribution in [0.4, 0.5) is 5.69 Å². The summed E-state index contributed by atoms with van der Waals surface area (Å²) in [5.41, 5.74) is 0.727. The van der Waals surface area contributed by atoms with E-state index in [9.17, 15) is 9.59 Å². The number of carbonyl (C=O) groups excluding carboxylic acids is 2. The van der Waals surface area contributed by atoms with Crippen molar-refractivity contribution in [2.45, 2.75) is 0 Å². The van der Waals surface area contributed by atoms with E-state index in [2.05, 4.69) is 4.90 Å². The Morgan fingerprint density at radius 3 is 2.28 bits per heavy atom. The smallest absolute Gasteiger partial charge is 0.299 e. The van der Waals surface area contributed by atoms with Crippen LogP contribution < -0.4 is 19.1 Å². The fourth-order valence-corrected chi connectivity index (χ4v) is 3.20. The van der Waals surface area contributed by atoms with Gasteiger partial charge in [0.05, 0.1) is 45.8 Å². The maximum atomic E-state index is 12.5. The molecule has 0 atom stereocenters. The molecule has 1 fully saturated rings. The van der Waals surface area contributed by atoms with Gasteiger partial charge in [0, 0.05) is 32.2 Å². The van der Waals surface area contributed by atoms with Crippen LogP contribution in [-0.4, -0.2) is 77.3 Å². The van der Waals surface area contributed by atoms with Crippen molar-refractivity contribution in [2.24, 2.45) is 0 Å². The summed E-state index contributed by atoms with van der Waals surface area (Å²) in [4.78, 5) is 28.7. The van der Waals surface area contributed by atoms with Gasteiger partial charge in [0.1, 0.15) is 0 Å². The Morgan fingerprint density at radius 1 is 1.00 bits per heavy atom. The Balaban J connectivity index is 1.93. The molecule has 0 N–H and O–H groups in total.